The molecule has 2 nitrogen and oxygen atoms in total. The Balaban J connectivity index is 0.00000169. The van der Waals surface area contributed by atoms with Crippen LogP contribution in [0.1, 0.15) is 18.5 Å². The molecular formula is C10H12Cl2N2. The molecule has 0 spiro atoms. The van der Waals surface area contributed by atoms with Gasteiger partial charge >= 0.3 is 0 Å². The van der Waals surface area contributed by atoms with Crippen LogP contribution in [0.2, 0.25) is 5.02 Å². The van der Waals surface area contributed by atoms with Gasteiger partial charge in [0.2, 0.25) is 0 Å². The summed E-state index contributed by atoms with van der Waals surface area (Å²) in [6.45, 7) is 2.75. The number of nitriles is 1. The molecule has 1 aromatic carbocycles. The van der Waals surface area contributed by atoms with E-state index in [1.807, 2.05) is 19.1 Å². The van der Waals surface area contributed by atoms with E-state index in [0.717, 1.165) is 12.1 Å². The van der Waals surface area contributed by atoms with Gasteiger partial charge in [0.25, 0.3) is 0 Å². The lowest BCUT2D eigenvalue weighted by Gasteiger charge is -2.09. The fourth-order valence-electron chi connectivity index (χ4n) is 1.10. The van der Waals surface area contributed by atoms with Crippen molar-refractivity contribution in [3.63, 3.8) is 0 Å². The van der Waals surface area contributed by atoms with Crippen molar-refractivity contribution < 1.29 is 0 Å². The highest BCUT2D eigenvalue weighted by Gasteiger charge is 2.07. The fraction of sp³-hybridized carbons (Fsp3) is 0.300. The summed E-state index contributed by atoms with van der Waals surface area (Å²) in [5.74, 6) is 0. The maximum atomic E-state index is 8.83. The Labute approximate surface area is 95.3 Å². The van der Waals surface area contributed by atoms with Crippen LogP contribution in [0, 0.1) is 11.3 Å². The van der Waals surface area contributed by atoms with E-state index in [0.29, 0.717) is 5.02 Å². The van der Waals surface area contributed by atoms with Crippen LogP contribution >= 0.6 is 24.0 Å². The number of rotatable bonds is 3. The van der Waals surface area contributed by atoms with E-state index in [1.165, 1.54) is 0 Å². The van der Waals surface area contributed by atoms with Gasteiger partial charge in [0.15, 0.2) is 0 Å². The summed E-state index contributed by atoms with van der Waals surface area (Å²) < 4.78 is 0. The van der Waals surface area contributed by atoms with E-state index in [1.54, 1.807) is 12.1 Å². The predicted octanol–water partition coefficient (Wildman–Crippen LogP) is 2.94. The molecule has 0 saturated heterocycles. The van der Waals surface area contributed by atoms with Crippen molar-refractivity contribution in [3.8, 4) is 6.07 Å². The summed E-state index contributed by atoms with van der Waals surface area (Å²) in [5, 5.41) is 12.6. The normalized spacial score (nSPS) is 11.2. The van der Waals surface area contributed by atoms with Crippen LogP contribution in [0.5, 0.6) is 0 Å². The largest absolute Gasteiger partial charge is 0.298 e. The molecule has 1 aromatic rings. The fourth-order valence-corrected chi connectivity index (χ4v) is 1.22. The molecule has 76 valence electrons. The second-order valence-corrected chi connectivity index (χ2v) is 3.11. The SMILES string of the molecule is CCNC(C#N)c1ccc(Cl)cc1.Cl. The van der Waals surface area contributed by atoms with Crippen molar-refractivity contribution in [1.29, 1.82) is 5.26 Å². The summed E-state index contributed by atoms with van der Waals surface area (Å²) in [6, 6.07) is 9.25. The Morgan fingerprint density at radius 1 is 1.43 bits per heavy atom. The van der Waals surface area contributed by atoms with Gasteiger partial charge in [-0.2, -0.15) is 5.26 Å². The summed E-state index contributed by atoms with van der Waals surface area (Å²) in [7, 11) is 0. The van der Waals surface area contributed by atoms with Crippen LogP contribution in [0.15, 0.2) is 24.3 Å². The average Bonchev–Trinajstić information content (AvgIpc) is 2.16. The first kappa shape index (κ1) is 13.2. The first-order valence-corrected chi connectivity index (χ1v) is 4.54. The van der Waals surface area contributed by atoms with Gasteiger partial charge in [0.1, 0.15) is 6.04 Å². The predicted molar refractivity (Wildman–Crippen MR) is 60.7 cm³/mol. The molecule has 0 aliphatic carbocycles. The molecule has 0 amide bonds. The summed E-state index contributed by atoms with van der Waals surface area (Å²) >= 11 is 5.73. The lowest BCUT2D eigenvalue weighted by molar-refractivity contribution is 0.658. The second-order valence-electron chi connectivity index (χ2n) is 2.67. The molecule has 0 heterocycles. The number of hydrogen-bond donors (Lipinski definition) is 1. The number of hydrogen-bond acceptors (Lipinski definition) is 2. The van der Waals surface area contributed by atoms with Crippen LogP contribution < -0.4 is 5.32 Å². The molecule has 1 rings (SSSR count). The number of halogens is 2. The summed E-state index contributed by atoms with van der Waals surface area (Å²) in [5.41, 5.74) is 0.953. The molecule has 1 N–H and O–H groups in total. The van der Waals surface area contributed by atoms with Crippen LogP contribution in [0.4, 0.5) is 0 Å². The van der Waals surface area contributed by atoms with Crippen LogP contribution in [0.25, 0.3) is 0 Å². The van der Waals surface area contributed by atoms with E-state index >= 15 is 0 Å². The zero-order chi connectivity index (χ0) is 9.68. The zero-order valence-corrected chi connectivity index (χ0v) is 9.40. The maximum absolute atomic E-state index is 8.83. The Morgan fingerprint density at radius 2 is 2.00 bits per heavy atom. The summed E-state index contributed by atoms with van der Waals surface area (Å²) in [6.07, 6.45) is 0. The average molecular weight is 231 g/mol. The minimum absolute atomic E-state index is 0. The smallest absolute Gasteiger partial charge is 0.121 e. The molecule has 0 saturated carbocycles. The topological polar surface area (TPSA) is 35.8 Å². The molecule has 0 aliphatic rings. The van der Waals surface area contributed by atoms with Crippen molar-refractivity contribution in [2.45, 2.75) is 13.0 Å². The summed E-state index contributed by atoms with van der Waals surface area (Å²) in [4.78, 5) is 0. The highest BCUT2D eigenvalue weighted by Crippen LogP contribution is 2.15. The maximum Gasteiger partial charge on any atom is 0.121 e. The van der Waals surface area contributed by atoms with E-state index < -0.39 is 0 Å². The molecule has 0 bridgehead atoms. The second kappa shape index (κ2) is 6.67. The van der Waals surface area contributed by atoms with E-state index in [9.17, 15) is 0 Å². The third-order valence-electron chi connectivity index (χ3n) is 1.74. The van der Waals surface area contributed by atoms with Gasteiger partial charge in [-0.25, -0.2) is 0 Å². The number of nitrogens with one attached hydrogen (secondary N) is 1. The quantitative estimate of drug-likeness (QED) is 0.868. The first-order chi connectivity index (χ1) is 6.27. The monoisotopic (exact) mass is 230 g/mol. The van der Waals surface area contributed by atoms with Gasteiger partial charge in [0, 0.05) is 5.02 Å². The Morgan fingerprint density at radius 3 is 2.43 bits per heavy atom. The molecular weight excluding hydrogens is 219 g/mol. The molecule has 0 radical (unpaired) electrons. The van der Waals surface area contributed by atoms with Crippen LogP contribution in [-0.4, -0.2) is 6.54 Å². The van der Waals surface area contributed by atoms with Gasteiger partial charge in [0.05, 0.1) is 6.07 Å². The molecule has 14 heavy (non-hydrogen) atoms. The number of nitrogens with zero attached hydrogens (tertiary/aromatic N) is 1. The molecule has 0 aromatic heterocycles. The minimum Gasteiger partial charge on any atom is -0.298 e. The van der Waals surface area contributed by atoms with Gasteiger partial charge in [-0.3, -0.25) is 5.32 Å². The zero-order valence-electron chi connectivity index (χ0n) is 7.83. The van der Waals surface area contributed by atoms with E-state index in [4.69, 9.17) is 16.9 Å². The van der Waals surface area contributed by atoms with Crippen LogP contribution in [0.3, 0.4) is 0 Å². The molecule has 0 aliphatic heterocycles. The van der Waals surface area contributed by atoms with Crippen molar-refractivity contribution in [3.05, 3.63) is 34.9 Å². The third kappa shape index (κ3) is 3.55. The van der Waals surface area contributed by atoms with Crippen molar-refractivity contribution in [2.75, 3.05) is 6.54 Å². The molecule has 1 atom stereocenters. The Bertz CT molecular complexity index is 303. The van der Waals surface area contributed by atoms with E-state index in [-0.39, 0.29) is 18.4 Å². The highest BCUT2D eigenvalue weighted by molar-refractivity contribution is 6.30. The Hall–Kier alpha value is -0.750. The number of benzene rings is 1. The van der Waals surface area contributed by atoms with Gasteiger partial charge < -0.3 is 0 Å². The van der Waals surface area contributed by atoms with E-state index in [2.05, 4.69) is 11.4 Å². The molecule has 1 unspecified atom stereocenters. The van der Waals surface area contributed by atoms with Gasteiger partial charge in [-0.15, -0.1) is 12.4 Å². The van der Waals surface area contributed by atoms with Crippen molar-refractivity contribution >= 4 is 24.0 Å². The first-order valence-electron chi connectivity index (χ1n) is 4.16. The van der Waals surface area contributed by atoms with Gasteiger partial charge in [-0.05, 0) is 24.2 Å². The highest BCUT2D eigenvalue weighted by atomic mass is 35.5. The lowest BCUT2D eigenvalue weighted by Crippen LogP contribution is -2.18. The molecule has 4 heteroatoms. The Kier molecular flexibility index (Phi) is 6.31. The molecule has 0 fully saturated rings. The van der Waals surface area contributed by atoms with Crippen LogP contribution in [-0.2, 0) is 0 Å². The van der Waals surface area contributed by atoms with Crippen molar-refractivity contribution in [2.24, 2.45) is 0 Å². The minimum atomic E-state index is -0.234. The van der Waals surface area contributed by atoms with Crippen molar-refractivity contribution in [1.82, 2.24) is 5.32 Å². The lowest BCUT2D eigenvalue weighted by atomic mass is 10.1. The third-order valence-corrected chi connectivity index (χ3v) is 1.99. The van der Waals surface area contributed by atoms with Gasteiger partial charge in [-0.1, -0.05) is 30.7 Å². The standard InChI is InChI=1S/C10H11ClN2.ClH/c1-2-13-10(7-12)8-3-5-9(11)6-4-8;/h3-6,10,13H,2H2,1H3;1H.